The molecule has 2 N–H and O–H groups in total. The third-order valence-electron chi connectivity index (χ3n) is 7.84. The Kier molecular flexibility index (Phi) is 3.16. The molecule has 3 unspecified atom stereocenters. The van der Waals surface area contributed by atoms with E-state index in [2.05, 4.69) is 13.8 Å². The zero-order chi connectivity index (χ0) is 15.7. The first-order chi connectivity index (χ1) is 10.4. The molecule has 0 radical (unpaired) electrons. The Hall–Kier alpha value is -0.670. The van der Waals surface area contributed by atoms with E-state index >= 15 is 0 Å². The first-order valence-electron chi connectivity index (χ1n) is 8.96. The molecule has 3 heteroatoms. The lowest BCUT2D eigenvalue weighted by molar-refractivity contribution is -0.142. The minimum atomic E-state index is -0.346. The lowest BCUT2D eigenvalue weighted by Gasteiger charge is -2.59. The molecule has 3 saturated carbocycles. The number of hydrogen-bond donors (Lipinski definition) is 2. The van der Waals surface area contributed by atoms with E-state index in [1.165, 1.54) is 5.57 Å². The molecule has 0 aromatic carbocycles. The molecule has 22 heavy (non-hydrogen) atoms. The predicted octanol–water partition coefficient (Wildman–Crippen LogP) is 2.85. The van der Waals surface area contributed by atoms with Gasteiger partial charge in [-0.25, -0.2) is 0 Å². The Morgan fingerprint density at radius 3 is 2.68 bits per heavy atom. The summed E-state index contributed by atoms with van der Waals surface area (Å²) in [5.74, 6) is 1.56. The maximum atomic E-state index is 11.8. The first kappa shape index (κ1) is 14.9. The van der Waals surface area contributed by atoms with E-state index in [9.17, 15) is 15.0 Å². The molecule has 7 atom stereocenters. The van der Waals surface area contributed by atoms with Crippen molar-refractivity contribution in [2.45, 2.75) is 71.0 Å². The Bertz CT molecular complexity index is 539. The number of carbonyl (C=O) groups excluding carboxylic acids is 1. The average Bonchev–Trinajstić information content (AvgIpc) is 2.75. The number of ketones is 1. The zero-order valence-electron chi connectivity index (χ0n) is 13.7. The third kappa shape index (κ3) is 1.78. The summed E-state index contributed by atoms with van der Waals surface area (Å²) in [6.45, 7) is 4.46. The van der Waals surface area contributed by atoms with Crippen LogP contribution in [0, 0.1) is 28.6 Å². The molecular weight excluding hydrogens is 276 g/mol. The number of rotatable bonds is 0. The molecule has 4 aliphatic rings. The minimum absolute atomic E-state index is 0.00881. The van der Waals surface area contributed by atoms with Crippen LogP contribution in [0.15, 0.2) is 11.6 Å². The third-order valence-corrected chi connectivity index (χ3v) is 7.84. The van der Waals surface area contributed by atoms with Crippen LogP contribution in [0.5, 0.6) is 0 Å². The fourth-order valence-corrected chi connectivity index (χ4v) is 6.66. The van der Waals surface area contributed by atoms with Gasteiger partial charge in [-0.1, -0.05) is 19.4 Å². The summed E-state index contributed by atoms with van der Waals surface area (Å²) >= 11 is 0. The highest BCUT2D eigenvalue weighted by molar-refractivity contribution is 5.91. The van der Waals surface area contributed by atoms with Gasteiger partial charge in [0.2, 0.25) is 0 Å². The van der Waals surface area contributed by atoms with Gasteiger partial charge in [0, 0.05) is 6.42 Å². The summed E-state index contributed by atoms with van der Waals surface area (Å²) in [5.41, 5.74) is 1.17. The molecule has 0 spiro atoms. The second kappa shape index (κ2) is 4.67. The highest BCUT2D eigenvalue weighted by atomic mass is 16.3. The van der Waals surface area contributed by atoms with Crippen molar-refractivity contribution >= 4 is 5.78 Å². The van der Waals surface area contributed by atoms with Gasteiger partial charge < -0.3 is 10.2 Å². The average molecular weight is 304 g/mol. The number of hydrogen-bond acceptors (Lipinski definition) is 3. The summed E-state index contributed by atoms with van der Waals surface area (Å²) in [6.07, 6.45) is 7.56. The summed E-state index contributed by atoms with van der Waals surface area (Å²) in [6, 6.07) is 0. The van der Waals surface area contributed by atoms with E-state index in [1.807, 2.05) is 6.08 Å². The van der Waals surface area contributed by atoms with Crippen molar-refractivity contribution in [2.75, 3.05) is 0 Å². The summed E-state index contributed by atoms with van der Waals surface area (Å²) in [5, 5.41) is 21.4. The van der Waals surface area contributed by atoms with Gasteiger partial charge in [-0.15, -0.1) is 0 Å². The first-order valence-corrected chi connectivity index (χ1v) is 8.96. The second-order valence-corrected chi connectivity index (χ2v) is 8.76. The fourth-order valence-electron chi connectivity index (χ4n) is 6.66. The van der Waals surface area contributed by atoms with Crippen LogP contribution in [0.3, 0.4) is 0 Å². The van der Waals surface area contributed by atoms with Crippen LogP contribution >= 0.6 is 0 Å². The van der Waals surface area contributed by atoms with Crippen molar-refractivity contribution in [1.82, 2.24) is 0 Å². The highest BCUT2D eigenvalue weighted by Crippen LogP contribution is 2.65. The topological polar surface area (TPSA) is 57.5 Å². The van der Waals surface area contributed by atoms with Crippen LogP contribution in [0.25, 0.3) is 0 Å². The summed E-state index contributed by atoms with van der Waals surface area (Å²) < 4.78 is 0. The van der Waals surface area contributed by atoms with Gasteiger partial charge in [0.15, 0.2) is 5.78 Å². The van der Waals surface area contributed by atoms with Crippen LogP contribution in [0.2, 0.25) is 0 Å². The van der Waals surface area contributed by atoms with Gasteiger partial charge in [0.1, 0.15) is 0 Å². The summed E-state index contributed by atoms with van der Waals surface area (Å²) in [7, 11) is 0. The van der Waals surface area contributed by atoms with E-state index in [0.717, 1.165) is 38.5 Å². The van der Waals surface area contributed by atoms with Gasteiger partial charge in [-0.05, 0) is 73.2 Å². The van der Waals surface area contributed by atoms with Crippen molar-refractivity contribution in [2.24, 2.45) is 28.6 Å². The maximum Gasteiger partial charge on any atom is 0.155 e. The van der Waals surface area contributed by atoms with Crippen LogP contribution < -0.4 is 0 Å². The molecule has 0 heterocycles. The number of allylic oxidation sites excluding steroid dienone is 1. The van der Waals surface area contributed by atoms with Gasteiger partial charge in [0.25, 0.3) is 0 Å². The van der Waals surface area contributed by atoms with Gasteiger partial charge >= 0.3 is 0 Å². The summed E-state index contributed by atoms with van der Waals surface area (Å²) in [4.78, 5) is 11.8. The zero-order valence-corrected chi connectivity index (χ0v) is 13.7. The molecule has 0 saturated heterocycles. The van der Waals surface area contributed by atoms with Crippen LogP contribution in [-0.2, 0) is 4.79 Å². The molecule has 0 aromatic heterocycles. The Balaban J connectivity index is 1.74. The normalized spacial score (nSPS) is 54.3. The van der Waals surface area contributed by atoms with E-state index in [-0.39, 0.29) is 34.7 Å². The largest absolute Gasteiger partial charge is 0.393 e. The van der Waals surface area contributed by atoms with E-state index < -0.39 is 0 Å². The van der Waals surface area contributed by atoms with Crippen molar-refractivity contribution < 1.29 is 15.0 Å². The lowest BCUT2D eigenvalue weighted by atomic mass is 9.46. The van der Waals surface area contributed by atoms with E-state index in [0.29, 0.717) is 18.3 Å². The predicted molar refractivity (Wildman–Crippen MR) is 84.1 cm³/mol. The van der Waals surface area contributed by atoms with Crippen LogP contribution in [-0.4, -0.2) is 28.2 Å². The Morgan fingerprint density at radius 1 is 1.14 bits per heavy atom. The molecular formula is C19H28O3. The maximum absolute atomic E-state index is 11.8. The lowest BCUT2D eigenvalue weighted by Crippen LogP contribution is -2.57. The molecule has 3 nitrogen and oxygen atoms in total. The standard InChI is InChI=1S/C19H28O3/c1-18-8-7-12(20)9-11(18)3-4-13-14-5-6-16(22)19(14,2)10-15(21)17(13)18/h9,13-17,21-22H,3-8,10H2,1-2H3/t13?,14?,15-,16+,17?,18+,19+/m1/s1. The van der Waals surface area contributed by atoms with Crippen molar-refractivity contribution in [3.8, 4) is 0 Å². The number of aliphatic hydroxyl groups is 2. The Labute approximate surface area is 132 Å². The molecule has 0 bridgehead atoms. The van der Waals surface area contributed by atoms with E-state index in [4.69, 9.17) is 0 Å². The van der Waals surface area contributed by atoms with Crippen LogP contribution in [0.1, 0.15) is 58.8 Å². The molecule has 0 aliphatic heterocycles. The van der Waals surface area contributed by atoms with Gasteiger partial charge in [-0.3, -0.25) is 4.79 Å². The SMILES string of the molecule is C[C@]12CCC(=O)C=C1CCC1C2[C@H](O)C[C@@]2(C)C1CC[C@@H]2O. The molecule has 0 amide bonds. The molecule has 4 aliphatic carbocycles. The number of fused-ring (bicyclic) bond motifs is 5. The van der Waals surface area contributed by atoms with Crippen LogP contribution in [0.4, 0.5) is 0 Å². The monoisotopic (exact) mass is 304 g/mol. The minimum Gasteiger partial charge on any atom is -0.393 e. The Morgan fingerprint density at radius 2 is 1.91 bits per heavy atom. The molecule has 3 fully saturated rings. The van der Waals surface area contributed by atoms with E-state index in [1.54, 1.807) is 0 Å². The van der Waals surface area contributed by atoms with Crippen molar-refractivity contribution in [1.29, 1.82) is 0 Å². The number of carbonyl (C=O) groups is 1. The molecule has 0 aromatic rings. The van der Waals surface area contributed by atoms with Crippen molar-refractivity contribution in [3.63, 3.8) is 0 Å². The van der Waals surface area contributed by atoms with Gasteiger partial charge in [-0.2, -0.15) is 0 Å². The molecule has 4 rings (SSSR count). The molecule has 122 valence electrons. The van der Waals surface area contributed by atoms with Crippen molar-refractivity contribution in [3.05, 3.63) is 11.6 Å². The number of aliphatic hydroxyl groups excluding tert-OH is 2. The van der Waals surface area contributed by atoms with Gasteiger partial charge in [0.05, 0.1) is 12.2 Å². The highest BCUT2D eigenvalue weighted by Gasteiger charge is 2.61. The second-order valence-electron chi connectivity index (χ2n) is 8.76. The smallest absolute Gasteiger partial charge is 0.155 e. The fraction of sp³-hybridized carbons (Fsp3) is 0.842. The quantitative estimate of drug-likeness (QED) is 0.723.